The molecule has 0 saturated carbocycles. The topological polar surface area (TPSA) is 49.2 Å². The summed E-state index contributed by atoms with van der Waals surface area (Å²) in [4.78, 5) is 20.8. The van der Waals surface area contributed by atoms with Crippen molar-refractivity contribution in [2.24, 2.45) is 0 Å². The van der Waals surface area contributed by atoms with Gasteiger partial charge in [0.05, 0.1) is 12.1 Å². The molecule has 0 unspecified atom stereocenters. The molecule has 1 amide bonds. The molecule has 1 N–H and O–H groups in total. The van der Waals surface area contributed by atoms with Crippen LogP contribution in [0.15, 0.2) is 54.1 Å². The Balaban J connectivity index is 1.14. The van der Waals surface area contributed by atoms with Crippen LogP contribution in [0.3, 0.4) is 0 Å². The highest BCUT2D eigenvalue weighted by atomic mass is 16.5. The molecular formula is C25H28N4O2. The van der Waals surface area contributed by atoms with Gasteiger partial charge in [-0.25, -0.2) is 4.85 Å². The largest absolute Gasteiger partial charge is 0.488 e. The fourth-order valence-corrected chi connectivity index (χ4v) is 4.06. The number of hydrogen-bond donors (Lipinski definition) is 1. The lowest BCUT2D eigenvalue weighted by molar-refractivity contribution is -0.117. The number of rotatable bonds is 7. The Bertz CT molecular complexity index is 987. The summed E-state index contributed by atoms with van der Waals surface area (Å²) in [5.41, 5.74) is 3.41. The molecule has 6 heteroatoms. The van der Waals surface area contributed by atoms with Crippen molar-refractivity contribution < 1.29 is 9.53 Å². The van der Waals surface area contributed by atoms with Gasteiger partial charge in [-0.2, -0.15) is 0 Å². The number of nitrogens with zero attached hydrogens (tertiary/aromatic N) is 3. The quantitative estimate of drug-likeness (QED) is 0.552. The average molecular weight is 417 g/mol. The van der Waals surface area contributed by atoms with E-state index in [1.54, 1.807) is 0 Å². The molecule has 2 aromatic carbocycles. The van der Waals surface area contributed by atoms with E-state index < -0.39 is 0 Å². The first-order chi connectivity index (χ1) is 15.2. The summed E-state index contributed by atoms with van der Waals surface area (Å²) in [5.74, 6) is 0.790. The number of ether oxygens (including phenoxy) is 1. The van der Waals surface area contributed by atoms with Crippen molar-refractivity contribution in [1.29, 1.82) is 0 Å². The van der Waals surface area contributed by atoms with Crippen LogP contribution in [0.4, 0.5) is 11.4 Å². The van der Waals surface area contributed by atoms with Crippen molar-refractivity contribution in [1.82, 2.24) is 10.2 Å². The number of unbranched alkanes of at least 4 members (excludes halogenated alkanes) is 1. The third-order valence-electron chi connectivity index (χ3n) is 5.83. The number of hydrogen-bond acceptors (Lipinski definition) is 4. The molecule has 1 saturated heterocycles. The number of benzene rings is 2. The van der Waals surface area contributed by atoms with Crippen LogP contribution in [0, 0.1) is 6.57 Å². The molecule has 2 heterocycles. The van der Waals surface area contributed by atoms with Crippen molar-refractivity contribution in [3.8, 4) is 5.75 Å². The highest BCUT2D eigenvalue weighted by Gasteiger charge is 2.19. The van der Waals surface area contributed by atoms with E-state index >= 15 is 0 Å². The standard InChI is InChI=1S/C25H28N4O2/c1-26-22-9-3-4-10-23(22)29-16-14-28(15-17-29)13-7-6-12-27-25(30)21-18-20-8-2-5-11-24(20)31-19-21/h2-5,8-11,18H,6-7,12-17,19H2,(H,27,30). The van der Waals surface area contributed by atoms with Crippen LogP contribution in [0.5, 0.6) is 5.75 Å². The van der Waals surface area contributed by atoms with Gasteiger partial charge in [-0.05, 0) is 37.6 Å². The second kappa shape index (κ2) is 10.1. The van der Waals surface area contributed by atoms with Crippen molar-refractivity contribution in [3.05, 3.63) is 71.1 Å². The van der Waals surface area contributed by atoms with Gasteiger partial charge in [0, 0.05) is 44.0 Å². The molecule has 4 rings (SSSR count). The second-order valence-electron chi connectivity index (χ2n) is 7.89. The molecule has 0 aliphatic carbocycles. The minimum Gasteiger partial charge on any atom is -0.488 e. The number of anilines is 1. The number of amides is 1. The second-order valence-corrected chi connectivity index (χ2v) is 7.89. The molecule has 0 bridgehead atoms. The van der Waals surface area contributed by atoms with Gasteiger partial charge in [0.2, 0.25) is 5.69 Å². The molecule has 160 valence electrons. The summed E-state index contributed by atoms with van der Waals surface area (Å²) in [6.45, 7) is 13.3. The maximum absolute atomic E-state index is 12.4. The maximum atomic E-state index is 12.4. The molecule has 2 aliphatic heterocycles. The van der Waals surface area contributed by atoms with Gasteiger partial charge in [0.15, 0.2) is 0 Å². The third kappa shape index (κ3) is 5.25. The van der Waals surface area contributed by atoms with Gasteiger partial charge in [-0.3, -0.25) is 9.69 Å². The molecule has 31 heavy (non-hydrogen) atoms. The summed E-state index contributed by atoms with van der Waals surface area (Å²) in [7, 11) is 0. The zero-order chi connectivity index (χ0) is 21.5. The van der Waals surface area contributed by atoms with Crippen molar-refractivity contribution in [2.75, 3.05) is 50.8 Å². The first kappa shape index (κ1) is 21.0. The minimum absolute atomic E-state index is 0.0402. The number of carbonyl (C=O) groups excluding carboxylic acids is 1. The first-order valence-electron chi connectivity index (χ1n) is 10.9. The molecular weight excluding hydrogens is 388 g/mol. The Morgan fingerprint density at radius 1 is 1.03 bits per heavy atom. The normalized spacial score (nSPS) is 16.0. The third-order valence-corrected chi connectivity index (χ3v) is 5.83. The predicted molar refractivity (Wildman–Crippen MR) is 124 cm³/mol. The summed E-state index contributed by atoms with van der Waals surface area (Å²) in [6.07, 6.45) is 3.92. The number of fused-ring (bicyclic) bond motifs is 1. The van der Waals surface area contributed by atoms with Crippen molar-refractivity contribution >= 4 is 23.4 Å². The molecule has 0 atom stereocenters. The van der Waals surface area contributed by atoms with E-state index in [-0.39, 0.29) is 5.91 Å². The zero-order valence-electron chi connectivity index (χ0n) is 17.7. The molecule has 0 aromatic heterocycles. The van der Waals surface area contributed by atoms with Gasteiger partial charge in [-0.15, -0.1) is 0 Å². The Hall–Kier alpha value is -3.30. The average Bonchev–Trinajstić information content (AvgIpc) is 2.83. The Morgan fingerprint density at radius 3 is 2.65 bits per heavy atom. The maximum Gasteiger partial charge on any atom is 0.250 e. The molecule has 2 aliphatic rings. The van der Waals surface area contributed by atoms with Gasteiger partial charge in [0.25, 0.3) is 5.91 Å². The molecule has 6 nitrogen and oxygen atoms in total. The van der Waals surface area contributed by atoms with E-state index in [0.717, 1.165) is 68.3 Å². The molecule has 2 aromatic rings. The highest BCUT2D eigenvalue weighted by molar-refractivity contribution is 5.99. The molecule has 0 radical (unpaired) electrons. The van der Waals surface area contributed by atoms with Crippen LogP contribution < -0.4 is 15.0 Å². The van der Waals surface area contributed by atoms with Gasteiger partial charge >= 0.3 is 0 Å². The molecule has 0 spiro atoms. The van der Waals surface area contributed by atoms with Crippen LogP contribution in [-0.2, 0) is 4.79 Å². The fraction of sp³-hybridized carbons (Fsp3) is 0.360. The number of nitrogens with one attached hydrogen (secondary N) is 1. The van der Waals surface area contributed by atoms with E-state index in [0.29, 0.717) is 18.7 Å². The number of carbonyl (C=O) groups is 1. The summed E-state index contributed by atoms with van der Waals surface area (Å²) in [6, 6.07) is 15.6. The number of para-hydroxylation sites is 3. The van der Waals surface area contributed by atoms with Crippen LogP contribution in [0.1, 0.15) is 18.4 Å². The van der Waals surface area contributed by atoms with Crippen LogP contribution >= 0.6 is 0 Å². The lowest BCUT2D eigenvalue weighted by Crippen LogP contribution is -2.46. The van der Waals surface area contributed by atoms with Crippen molar-refractivity contribution in [3.63, 3.8) is 0 Å². The Labute approximate surface area is 183 Å². The SMILES string of the molecule is [C-]#[N+]c1ccccc1N1CCN(CCCCNC(=O)C2=Cc3ccccc3OC2)CC1. The lowest BCUT2D eigenvalue weighted by Gasteiger charge is -2.36. The van der Waals surface area contributed by atoms with E-state index in [2.05, 4.69) is 20.0 Å². The Morgan fingerprint density at radius 2 is 1.81 bits per heavy atom. The fourth-order valence-electron chi connectivity index (χ4n) is 4.06. The highest BCUT2D eigenvalue weighted by Crippen LogP contribution is 2.29. The van der Waals surface area contributed by atoms with Gasteiger partial charge in [-0.1, -0.05) is 36.4 Å². The first-order valence-corrected chi connectivity index (χ1v) is 10.9. The van der Waals surface area contributed by atoms with Gasteiger partial charge in [0.1, 0.15) is 12.4 Å². The molecule has 1 fully saturated rings. The van der Waals surface area contributed by atoms with E-state index in [9.17, 15) is 4.79 Å². The van der Waals surface area contributed by atoms with Crippen LogP contribution in [0.25, 0.3) is 10.9 Å². The van der Waals surface area contributed by atoms with Gasteiger partial charge < -0.3 is 15.0 Å². The van der Waals surface area contributed by atoms with Crippen LogP contribution in [-0.4, -0.2) is 56.7 Å². The van der Waals surface area contributed by atoms with E-state index in [4.69, 9.17) is 11.3 Å². The summed E-state index contributed by atoms with van der Waals surface area (Å²) < 4.78 is 5.66. The van der Waals surface area contributed by atoms with Crippen molar-refractivity contribution in [2.45, 2.75) is 12.8 Å². The summed E-state index contributed by atoms with van der Waals surface area (Å²) in [5, 5.41) is 3.02. The van der Waals surface area contributed by atoms with Crippen LogP contribution in [0.2, 0.25) is 0 Å². The summed E-state index contributed by atoms with van der Waals surface area (Å²) >= 11 is 0. The smallest absolute Gasteiger partial charge is 0.250 e. The Kier molecular flexibility index (Phi) is 6.85. The van der Waals surface area contributed by atoms with E-state index in [1.807, 2.05) is 54.6 Å². The van der Waals surface area contributed by atoms with E-state index in [1.165, 1.54) is 0 Å². The minimum atomic E-state index is -0.0402. The predicted octanol–water partition coefficient (Wildman–Crippen LogP) is 3.73. The lowest BCUT2D eigenvalue weighted by atomic mass is 10.1. The zero-order valence-corrected chi connectivity index (χ0v) is 17.7. The monoisotopic (exact) mass is 416 g/mol. The number of piperazine rings is 1.